The molecule has 0 amide bonds. The van der Waals surface area contributed by atoms with Crippen LogP contribution < -0.4 is 10.5 Å². The van der Waals surface area contributed by atoms with Crippen molar-refractivity contribution >= 4 is 5.84 Å². The first-order valence-electron chi connectivity index (χ1n) is 6.72. The number of benzene rings is 2. The number of ether oxygens (including phenoxy) is 1. The SMILES string of the molecule is Cc1ccc(F)cc1COc1c(C)cc(C(=N)N)cc1C. The van der Waals surface area contributed by atoms with Gasteiger partial charge in [0.2, 0.25) is 0 Å². The minimum Gasteiger partial charge on any atom is -0.488 e. The lowest BCUT2D eigenvalue weighted by Crippen LogP contribution is -2.12. The van der Waals surface area contributed by atoms with Crippen LogP contribution in [-0.2, 0) is 6.61 Å². The molecular formula is C17H19FN2O. The predicted octanol–water partition coefficient (Wildman–Crippen LogP) is 3.61. The van der Waals surface area contributed by atoms with E-state index in [4.69, 9.17) is 15.9 Å². The standard InChI is InChI=1S/C17H19FN2O/c1-10-4-5-15(18)8-14(10)9-21-16-11(2)6-13(17(19)20)7-12(16)3/h4-8H,9H2,1-3H3,(H3,19,20). The summed E-state index contributed by atoms with van der Waals surface area (Å²) in [5, 5.41) is 7.48. The van der Waals surface area contributed by atoms with Gasteiger partial charge in [-0.25, -0.2) is 4.39 Å². The van der Waals surface area contributed by atoms with Crippen LogP contribution in [0.4, 0.5) is 4.39 Å². The molecule has 110 valence electrons. The molecule has 0 unspecified atom stereocenters. The van der Waals surface area contributed by atoms with Crippen molar-refractivity contribution in [1.82, 2.24) is 0 Å². The number of nitrogens with two attached hydrogens (primary N) is 1. The summed E-state index contributed by atoms with van der Waals surface area (Å²) in [5.41, 5.74) is 9.82. The Labute approximate surface area is 124 Å². The topological polar surface area (TPSA) is 59.1 Å². The summed E-state index contributed by atoms with van der Waals surface area (Å²) in [6.45, 7) is 6.06. The second kappa shape index (κ2) is 5.95. The molecule has 21 heavy (non-hydrogen) atoms. The zero-order chi connectivity index (χ0) is 15.6. The van der Waals surface area contributed by atoms with Crippen molar-refractivity contribution in [3.63, 3.8) is 0 Å². The summed E-state index contributed by atoms with van der Waals surface area (Å²) in [6.07, 6.45) is 0. The molecule has 0 fully saturated rings. The zero-order valence-corrected chi connectivity index (χ0v) is 12.5. The van der Waals surface area contributed by atoms with Crippen molar-refractivity contribution in [3.05, 3.63) is 64.0 Å². The second-order valence-electron chi connectivity index (χ2n) is 5.21. The third-order valence-corrected chi connectivity index (χ3v) is 3.45. The molecule has 0 atom stereocenters. The van der Waals surface area contributed by atoms with E-state index in [2.05, 4.69) is 0 Å². The second-order valence-corrected chi connectivity index (χ2v) is 5.21. The molecular weight excluding hydrogens is 267 g/mol. The Kier molecular flexibility index (Phi) is 4.26. The normalized spacial score (nSPS) is 10.5. The minimum absolute atomic E-state index is 0.0359. The maximum Gasteiger partial charge on any atom is 0.125 e. The lowest BCUT2D eigenvalue weighted by Gasteiger charge is -2.15. The number of hydrogen-bond acceptors (Lipinski definition) is 2. The monoisotopic (exact) mass is 286 g/mol. The fourth-order valence-electron chi connectivity index (χ4n) is 2.28. The van der Waals surface area contributed by atoms with Crippen LogP contribution in [0.15, 0.2) is 30.3 Å². The summed E-state index contributed by atoms with van der Waals surface area (Å²) >= 11 is 0. The fraction of sp³-hybridized carbons (Fsp3) is 0.235. The number of aryl methyl sites for hydroxylation is 3. The first-order valence-corrected chi connectivity index (χ1v) is 6.72. The Morgan fingerprint density at radius 1 is 1.10 bits per heavy atom. The van der Waals surface area contributed by atoms with Gasteiger partial charge in [-0.1, -0.05) is 6.07 Å². The Bertz CT molecular complexity index is 672. The first kappa shape index (κ1) is 15.0. The molecule has 0 heterocycles. The minimum atomic E-state index is -0.264. The van der Waals surface area contributed by atoms with Gasteiger partial charge in [0, 0.05) is 5.56 Å². The molecule has 0 aliphatic rings. The average molecular weight is 286 g/mol. The highest BCUT2D eigenvalue weighted by molar-refractivity contribution is 5.95. The van der Waals surface area contributed by atoms with Gasteiger partial charge in [0.1, 0.15) is 24.0 Å². The third kappa shape index (κ3) is 3.40. The van der Waals surface area contributed by atoms with Crippen LogP contribution in [0.2, 0.25) is 0 Å². The van der Waals surface area contributed by atoms with Crippen LogP contribution in [0, 0.1) is 32.0 Å². The zero-order valence-electron chi connectivity index (χ0n) is 12.5. The highest BCUT2D eigenvalue weighted by Crippen LogP contribution is 2.26. The quantitative estimate of drug-likeness (QED) is 0.666. The van der Waals surface area contributed by atoms with E-state index >= 15 is 0 Å². The Morgan fingerprint density at radius 2 is 1.71 bits per heavy atom. The van der Waals surface area contributed by atoms with Gasteiger partial charge in [0.25, 0.3) is 0 Å². The van der Waals surface area contributed by atoms with Gasteiger partial charge in [-0.05, 0) is 67.3 Å². The molecule has 2 aromatic carbocycles. The van der Waals surface area contributed by atoms with Crippen LogP contribution in [0.3, 0.4) is 0 Å². The van der Waals surface area contributed by atoms with E-state index in [1.54, 1.807) is 6.07 Å². The molecule has 0 spiro atoms. The van der Waals surface area contributed by atoms with Gasteiger partial charge in [-0.3, -0.25) is 5.41 Å². The molecule has 0 bridgehead atoms. The van der Waals surface area contributed by atoms with Crippen molar-refractivity contribution in [1.29, 1.82) is 5.41 Å². The highest BCUT2D eigenvalue weighted by Gasteiger charge is 2.09. The summed E-state index contributed by atoms with van der Waals surface area (Å²) in [4.78, 5) is 0. The number of amidine groups is 1. The van der Waals surface area contributed by atoms with E-state index in [-0.39, 0.29) is 11.7 Å². The lowest BCUT2D eigenvalue weighted by molar-refractivity contribution is 0.300. The summed E-state index contributed by atoms with van der Waals surface area (Å²) in [5.74, 6) is 0.525. The molecule has 0 aliphatic heterocycles. The maximum atomic E-state index is 13.3. The molecule has 2 aromatic rings. The lowest BCUT2D eigenvalue weighted by atomic mass is 10.0. The van der Waals surface area contributed by atoms with E-state index in [1.165, 1.54) is 12.1 Å². The summed E-state index contributed by atoms with van der Waals surface area (Å²) in [6, 6.07) is 8.32. The third-order valence-electron chi connectivity index (χ3n) is 3.45. The Morgan fingerprint density at radius 3 is 2.29 bits per heavy atom. The van der Waals surface area contributed by atoms with Gasteiger partial charge < -0.3 is 10.5 Å². The molecule has 3 nitrogen and oxygen atoms in total. The number of hydrogen-bond donors (Lipinski definition) is 2. The molecule has 3 N–H and O–H groups in total. The van der Waals surface area contributed by atoms with Crippen LogP contribution >= 0.6 is 0 Å². The smallest absolute Gasteiger partial charge is 0.125 e. The van der Waals surface area contributed by atoms with Gasteiger partial charge in [0.05, 0.1) is 0 Å². The van der Waals surface area contributed by atoms with E-state index < -0.39 is 0 Å². The highest BCUT2D eigenvalue weighted by atomic mass is 19.1. The van der Waals surface area contributed by atoms with E-state index in [9.17, 15) is 4.39 Å². The first-order chi connectivity index (χ1) is 9.88. The molecule has 0 saturated heterocycles. The number of halogens is 1. The van der Waals surface area contributed by atoms with Crippen molar-refractivity contribution in [2.24, 2.45) is 5.73 Å². The summed E-state index contributed by atoms with van der Waals surface area (Å²) in [7, 11) is 0. The number of rotatable bonds is 4. The van der Waals surface area contributed by atoms with Crippen LogP contribution in [0.5, 0.6) is 5.75 Å². The molecule has 0 aromatic heterocycles. The van der Waals surface area contributed by atoms with Crippen molar-refractivity contribution < 1.29 is 9.13 Å². The van der Waals surface area contributed by atoms with Crippen LogP contribution in [0.25, 0.3) is 0 Å². The van der Waals surface area contributed by atoms with Crippen LogP contribution in [0.1, 0.15) is 27.8 Å². The van der Waals surface area contributed by atoms with Gasteiger partial charge in [-0.15, -0.1) is 0 Å². The predicted molar refractivity (Wildman–Crippen MR) is 82.4 cm³/mol. The average Bonchev–Trinajstić information content (AvgIpc) is 2.41. The molecule has 4 heteroatoms. The number of nitrogens with one attached hydrogen (secondary N) is 1. The summed E-state index contributed by atoms with van der Waals surface area (Å²) < 4.78 is 19.1. The van der Waals surface area contributed by atoms with Crippen molar-refractivity contribution in [2.45, 2.75) is 27.4 Å². The Balaban J connectivity index is 2.24. The molecule has 0 radical (unpaired) electrons. The number of nitrogen functional groups attached to an aromatic ring is 1. The van der Waals surface area contributed by atoms with E-state index in [0.717, 1.165) is 28.0 Å². The van der Waals surface area contributed by atoms with E-state index in [1.807, 2.05) is 32.9 Å². The van der Waals surface area contributed by atoms with Crippen molar-refractivity contribution in [3.8, 4) is 5.75 Å². The largest absolute Gasteiger partial charge is 0.488 e. The van der Waals surface area contributed by atoms with E-state index in [0.29, 0.717) is 12.2 Å². The molecule has 0 aliphatic carbocycles. The van der Waals surface area contributed by atoms with Gasteiger partial charge >= 0.3 is 0 Å². The van der Waals surface area contributed by atoms with Crippen molar-refractivity contribution in [2.75, 3.05) is 0 Å². The Hall–Kier alpha value is -2.36. The molecule has 2 rings (SSSR count). The van der Waals surface area contributed by atoms with Gasteiger partial charge in [0.15, 0.2) is 0 Å². The van der Waals surface area contributed by atoms with Gasteiger partial charge in [-0.2, -0.15) is 0 Å². The fourth-order valence-corrected chi connectivity index (χ4v) is 2.28. The maximum absolute atomic E-state index is 13.3. The molecule has 0 saturated carbocycles. The van der Waals surface area contributed by atoms with Crippen LogP contribution in [-0.4, -0.2) is 5.84 Å².